The topological polar surface area (TPSA) is 46.6 Å². The molecule has 4 heteroatoms. The fraction of sp³-hybridized carbons (Fsp3) is 0.455. The summed E-state index contributed by atoms with van der Waals surface area (Å²) in [5, 5.41) is 0. The van der Waals surface area contributed by atoms with E-state index in [1.54, 1.807) is 12.1 Å². The van der Waals surface area contributed by atoms with E-state index >= 15 is 0 Å². The molecule has 2 aliphatic rings. The summed E-state index contributed by atoms with van der Waals surface area (Å²) in [5.41, 5.74) is 0.516. The maximum atomic E-state index is 12.4. The molecule has 0 amide bonds. The minimum atomic E-state index is -0.0950. The van der Waals surface area contributed by atoms with Gasteiger partial charge in [-0.2, -0.15) is 0 Å². The van der Waals surface area contributed by atoms with E-state index in [1.165, 1.54) is 0 Å². The molecule has 0 bridgehead atoms. The fourth-order valence-corrected chi connectivity index (χ4v) is 3.85. The van der Waals surface area contributed by atoms with E-state index in [4.69, 9.17) is 4.74 Å². The Labute approximate surface area is 155 Å². The number of allylic oxidation sites excluding steroid dienone is 2. The summed E-state index contributed by atoms with van der Waals surface area (Å²) in [6.07, 6.45) is 9.77. The summed E-state index contributed by atoms with van der Waals surface area (Å²) in [4.78, 5) is 27.0. The van der Waals surface area contributed by atoms with Crippen LogP contribution in [0.1, 0.15) is 36.5 Å². The van der Waals surface area contributed by atoms with Crippen LogP contribution < -0.4 is 0 Å². The second-order valence-electron chi connectivity index (χ2n) is 7.22. The Morgan fingerprint density at radius 3 is 2.62 bits per heavy atom. The quantitative estimate of drug-likeness (QED) is 0.556. The Morgan fingerprint density at radius 2 is 1.88 bits per heavy atom. The van der Waals surface area contributed by atoms with Gasteiger partial charge in [-0.3, -0.25) is 14.5 Å². The van der Waals surface area contributed by atoms with Gasteiger partial charge in [0.15, 0.2) is 5.78 Å². The SMILES string of the molecule is CC1(N2CCOCC2)C=CC=CC1CCC(=O)CC(=O)c1ccccc1. The number of benzene rings is 1. The van der Waals surface area contributed by atoms with Gasteiger partial charge in [0.05, 0.1) is 19.6 Å². The molecule has 0 saturated carbocycles. The molecule has 0 N–H and O–H groups in total. The van der Waals surface area contributed by atoms with Gasteiger partial charge in [0, 0.05) is 30.6 Å². The van der Waals surface area contributed by atoms with Gasteiger partial charge < -0.3 is 4.74 Å². The second kappa shape index (κ2) is 8.56. The number of ether oxygens (including phenoxy) is 1. The fourth-order valence-electron chi connectivity index (χ4n) is 3.85. The molecule has 1 heterocycles. The van der Waals surface area contributed by atoms with Crippen molar-refractivity contribution in [3.63, 3.8) is 0 Å². The molecule has 0 aromatic heterocycles. The molecular formula is C22H27NO3. The highest BCUT2D eigenvalue weighted by Gasteiger charge is 2.37. The molecule has 1 aromatic rings. The number of morpholine rings is 1. The summed E-state index contributed by atoms with van der Waals surface area (Å²) in [7, 11) is 0. The van der Waals surface area contributed by atoms with Gasteiger partial charge in [0.25, 0.3) is 0 Å². The smallest absolute Gasteiger partial charge is 0.170 e. The Hall–Kier alpha value is -2.04. The molecule has 1 aromatic carbocycles. The van der Waals surface area contributed by atoms with Crippen molar-refractivity contribution in [2.45, 2.75) is 31.7 Å². The van der Waals surface area contributed by atoms with E-state index in [0.717, 1.165) is 32.7 Å². The standard InChI is InChI=1S/C22H27NO3/c1-22(23-13-15-26-16-14-23)12-6-5-9-19(22)10-11-20(24)17-21(25)18-7-3-2-4-8-18/h2-9,12,19H,10-11,13-17H2,1H3. The molecule has 1 saturated heterocycles. The number of nitrogens with zero attached hydrogens (tertiary/aromatic N) is 1. The van der Waals surface area contributed by atoms with Crippen LogP contribution in [-0.2, 0) is 9.53 Å². The van der Waals surface area contributed by atoms with Crippen molar-refractivity contribution < 1.29 is 14.3 Å². The zero-order valence-corrected chi connectivity index (χ0v) is 15.4. The summed E-state index contributed by atoms with van der Waals surface area (Å²) in [6, 6.07) is 9.04. The van der Waals surface area contributed by atoms with Crippen molar-refractivity contribution in [1.82, 2.24) is 4.90 Å². The third kappa shape index (κ3) is 4.37. The number of carbonyl (C=O) groups is 2. The Kier molecular flexibility index (Phi) is 6.17. The van der Waals surface area contributed by atoms with Gasteiger partial charge in [-0.15, -0.1) is 0 Å². The maximum Gasteiger partial charge on any atom is 0.170 e. The molecule has 2 unspecified atom stereocenters. The van der Waals surface area contributed by atoms with Crippen LogP contribution in [0.2, 0.25) is 0 Å². The van der Waals surface area contributed by atoms with E-state index in [9.17, 15) is 9.59 Å². The molecule has 4 nitrogen and oxygen atoms in total. The maximum absolute atomic E-state index is 12.4. The first-order valence-corrected chi connectivity index (χ1v) is 9.38. The molecule has 2 atom stereocenters. The normalized spacial score (nSPS) is 26.0. The van der Waals surface area contributed by atoms with Crippen molar-refractivity contribution in [2.24, 2.45) is 5.92 Å². The lowest BCUT2D eigenvalue weighted by Gasteiger charge is -2.46. The summed E-state index contributed by atoms with van der Waals surface area (Å²) < 4.78 is 5.48. The largest absolute Gasteiger partial charge is 0.379 e. The lowest BCUT2D eigenvalue weighted by molar-refractivity contribution is -0.118. The van der Waals surface area contributed by atoms with Gasteiger partial charge in [0.2, 0.25) is 0 Å². The summed E-state index contributed by atoms with van der Waals surface area (Å²) in [6.45, 7) is 5.56. The third-order valence-corrected chi connectivity index (χ3v) is 5.52. The average molecular weight is 353 g/mol. The monoisotopic (exact) mass is 353 g/mol. The first kappa shape index (κ1) is 18.7. The average Bonchev–Trinajstić information content (AvgIpc) is 2.68. The number of hydrogen-bond donors (Lipinski definition) is 0. The Morgan fingerprint density at radius 1 is 1.15 bits per heavy atom. The van der Waals surface area contributed by atoms with Gasteiger partial charge >= 0.3 is 0 Å². The first-order valence-electron chi connectivity index (χ1n) is 9.38. The number of carbonyl (C=O) groups excluding carboxylic acids is 2. The molecule has 1 fully saturated rings. The van der Waals surface area contributed by atoms with Crippen LogP contribution in [0.5, 0.6) is 0 Å². The second-order valence-corrected chi connectivity index (χ2v) is 7.22. The van der Waals surface area contributed by atoms with E-state index in [1.807, 2.05) is 18.2 Å². The highest BCUT2D eigenvalue weighted by Crippen LogP contribution is 2.34. The number of rotatable bonds is 7. The lowest BCUT2D eigenvalue weighted by atomic mass is 9.77. The van der Waals surface area contributed by atoms with Crippen molar-refractivity contribution in [1.29, 1.82) is 0 Å². The zero-order valence-electron chi connectivity index (χ0n) is 15.4. The van der Waals surface area contributed by atoms with Gasteiger partial charge in [-0.1, -0.05) is 54.6 Å². The van der Waals surface area contributed by atoms with E-state index < -0.39 is 0 Å². The highest BCUT2D eigenvalue weighted by molar-refractivity contribution is 6.07. The summed E-state index contributed by atoms with van der Waals surface area (Å²) in [5.74, 6) is 0.193. The van der Waals surface area contributed by atoms with Crippen LogP contribution in [0.25, 0.3) is 0 Å². The van der Waals surface area contributed by atoms with Crippen molar-refractivity contribution in [2.75, 3.05) is 26.3 Å². The molecule has 1 aliphatic carbocycles. The molecular weight excluding hydrogens is 326 g/mol. The van der Waals surface area contributed by atoms with Crippen LogP contribution in [0, 0.1) is 5.92 Å². The lowest BCUT2D eigenvalue weighted by Crippen LogP contribution is -2.54. The Bertz CT molecular complexity index is 689. The van der Waals surface area contributed by atoms with Crippen LogP contribution >= 0.6 is 0 Å². The first-order chi connectivity index (χ1) is 12.6. The van der Waals surface area contributed by atoms with Crippen LogP contribution in [0.4, 0.5) is 0 Å². The number of ketones is 2. The van der Waals surface area contributed by atoms with Crippen LogP contribution in [0.3, 0.4) is 0 Å². The minimum Gasteiger partial charge on any atom is -0.379 e. The van der Waals surface area contributed by atoms with Crippen molar-refractivity contribution >= 4 is 11.6 Å². The van der Waals surface area contributed by atoms with Crippen molar-refractivity contribution in [3.8, 4) is 0 Å². The third-order valence-electron chi connectivity index (χ3n) is 5.52. The van der Waals surface area contributed by atoms with Crippen LogP contribution in [-0.4, -0.2) is 48.3 Å². The predicted molar refractivity (Wildman–Crippen MR) is 102 cm³/mol. The van der Waals surface area contributed by atoms with Crippen LogP contribution in [0.15, 0.2) is 54.6 Å². The van der Waals surface area contributed by atoms with Gasteiger partial charge in [0.1, 0.15) is 5.78 Å². The Balaban J connectivity index is 1.57. The summed E-state index contributed by atoms with van der Waals surface area (Å²) >= 11 is 0. The minimum absolute atomic E-state index is 0.00937. The van der Waals surface area contributed by atoms with Crippen molar-refractivity contribution in [3.05, 3.63) is 60.2 Å². The van der Waals surface area contributed by atoms with Gasteiger partial charge in [-0.05, 0) is 19.3 Å². The van der Waals surface area contributed by atoms with E-state index in [0.29, 0.717) is 12.0 Å². The number of hydrogen-bond acceptors (Lipinski definition) is 4. The molecule has 0 radical (unpaired) electrons. The molecule has 26 heavy (non-hydrogen) atoms. The van der Waals surface area contributed by atoms with Gasteiger partial charge in [-0.25, -0.2) is 0 Å². The highest BCUT2D eigenvalue weighted by atomic mass is 16.5. The molecule has 3 rings (SSSR count). The van der Waals surface area contributed by atoms with E-state index in [-0.39, 0.29) is 29.4 Å². The van der Waals surface area contributed by atoms with E-state index in [2.05, 4.69) is 36.1 Å². The molecule has 0 spiro atoms. The zero-order chi connectivity index (χ0) is 18.4. The predicted octanol–water partition coefficient (Wildman–Crippen LogP) is 3.44. The number of Topliss-reactive ketones (excluding diaryl/α,β-unsaturated/α-hetero) is 2. The molecule has 138 valence electrons. The molecule has 1 aliphatic heterocycles.